The Labute approximate surface area is 63.7 Å². The number of carbonyl (C=O) groups excluding carboxylic acids is 1. The van der Waals surface area contributed by atoms with E-state index in [-0.39, 0.29) is 5.91 Å². The van der Waals surface area contributed by atoms with Gasteiger partial charge in [0.2, 0.25) is 5.91 Å². The summed E-state index contributed by atoms with van der Waals surface area (Å²) < 4.78 is 2.98. The molecule has 0 radical (unpaired) electrons. The molecule has 1 amide bonds. The molecule has 0 aromatic heterocycles. The lowest BCUT2D eigenvalue weighted by Gasteiger charge is -1.83. The molecule has 0 aromatic rings. The lowest BCUT2D eigenvalue weighted by molar-refractivity contribution is -0.116. The molecule has 0 heterocycles. The first-order chi connectivity index (χ1) is 2.81. The van der Waals surface area contributed by atoms with Crippen molar-refractivity contribution in [3.05, 3.63) is 0 Å². The third-order valence-corrected chi connectivity index (χ3v) is 1.52. The number of amides is 1. The van der Waals surface area contributed by atoms with Gasteiger partial charge in [0.15, 0.2) is 0 Å². The van der Waals surface area contributed by atoms with Crippen LogP contribution in [0, 0.1) is 0 Å². The Morgan fingerprint density at radius 1 is 1.83 bits per heavy atom. The van der Waals surface area contributed by atoms with Crippen LogP contribution in [0.3, 0.4) is 0 Å². The maximum atomic E-state index is 10.1. The van der Waals surface area contributed by atoms with Gasteiger partial charge in [-0.15, -0.1) is 0 Å². The van der Waals surface area contributed by atoms with Gasteiger partial charge in [-0.3, -0.25) is 8.32 Å². The van der Waals surface area contributed by atoms with Gasteiger partial charge in [-0.2, -0.15) is 0 Å². The minimum absolute atomic E-state index is 0.0659. The Morgan fingerprint density at radius 2 is 2.33 bits per heavy atom. The second-order valence-electron chi connectivity index (χ2n) is 0.651. The number of nitrogens with one attached hydrogen (secondary N) is 1. The largest absolute Gasteiger partial charge is 0.298 e. The third kappa shape index (κ3) is 3.13. The van der Waals surface area contributed by atoms with Crippen molar-refractivity contribution in [2.75, 3.05) is 4.43 Å². The minimum atomic E-state index is 0.0659. The van der Waals surface area contributed by atoms with Gasteiger partial charge in [0.25, 0.3) is 0 Å². The maximum absolute atomic E-state index is 10.1. The second kappa shape index (κ2) is 4.10. The Morgan fingerprint density at radius 3 is 2.33 bits per heavy atom. The van der Waals surface area contributed by atoms with Crippen molar-refractivity contribution in [3.8, 4) is 0 Å². The van der Waals surface area contributed by atoms with Crippen LogP contribution in [0.1, 0.15) is 0 Å². The lowest BCUT2D eigenvalue weighted by Crippen LogP contribution is -2.11. The van der Waals surface area contributed by atoms with Crippen LogP contribution < -0.4 is 3.53 Å². The van der Waals surface area contributed by atoms with Gasteiger partial charge in [0.05, 0.1) is 27.3 Å². The fourth-order valence-electron chi connectivity index (χ4n) is 0.0253. The number of carbonyl (C=O) groups is 1. The second-order valence-corrected chi connectivity index (χ2v) is 1.95. The molecule has 0 rings (SSSR count). The molecule has 6 heavy (non-hydrogen) atoms. The number of halogens is 2. The van der Waals surface area contributed by atoms with Gasteiger partial charge in [-0.05, 0) is 0 Å². The molecule has 36 valence electrons. The molecule has 0 aliphatic heterocycles. The molecular formula is C2H3I2NO. The molecule has 0 unspecified atom stereocenters. The van der Waals surface area contributed by atoms with Gasteiger partial charge < -0.3 is 0 Å². The topological polar surface area (TPSA) is 29.1 Å². The molecule has 0 saturated carbocycles. The first-order valence-electron chi connectivity index (χ1n) is 1.26. The summed E-state index contributed by atoms with van der Waals surface area (Å²) in [5.41, 5.74) is 0. The molecule has 0 atom stereocenters. The van der Waals surface area contributed by atoms with Crippen molar-refractivity contribution in [1.82, 2.24) is 3.53 Å². The first kappa shape index (κ1) is 6.93. The number of hydrogen-bond donors (Lipinski definition) is 1. The highest BCUT2D eigenvalue weighted by Crippen LogP contribution is 1.80. The Hall–Kier alpha value is 0.930. The van der Waals surface area contributed by atoms with Crippen LogP contribution >= 0.6 is 45.5 Å². The molecule has 0 aromatic carbocycles. The zero-order chi connectivity index (χ0) is 4.99. The molecule has 0 aliphatic rings. The Kier molecular flexibility index (Phi) is 4.73. The van der Waals surface area contributed by atoms with Crippen LogP contribution in [-0.4, -0.2) is 10.3 Å². The average molecular weight is 311 g/mol. The van der Waals surface area contributed by atoms with Crippen LogP contribution in [0.25, 0.3) is 0 Å². The zero-order valence-electron chi connectivity index (χ0n) is 2.87. The molecular weight excluding hydrogens is 308 g/mol. The Balaban J connectivity index is 2.99. The fourth-order valence-corrected chi connectivity index (χ4v) is 1.14. The molecule has 0 saturated heterocycles. The van der Waals surface area contributed by atoms with E-state index in [1.165, 1.54) is 0 Å². The number of rotatable bonds is 1. The van der Waals surface area contributed by atoms with Crippen LogP contribution in [0.2, 0.25) is 0 Å². The summed E-state index contributed by atoms with van der Waals surface area (Å²) >= 11 is 3.81. The highest BCUT2D eigenvalue weighted by Gasteiger charge is 1.87. The molecule has 0 aliphatic carbocycles. The summed E-state index contributed by atoms with van der Waals surface area (Å²) in [5.74, 6) is 0.0659. The summed E-state index contributed by atoms with van der Waals surface area (Å²) in [7, 11) is 0. The maximum Gasteiger partial charge on any atom is 0.238 e. The fraction of sp³-hybridized carbons (Fsp3) is 0.500. The van der Waals surface area contributed by atoms with E-state index in [0.717, 1.165) is 0 Å². The molecule has 4 heteroatoms. The summed E-state index contributed by atoms with van der Waals surface area (Å²) in [4.78, 5) is 10.1. The van der Waals surface area contributed by atoms with Gasteiger partial charge >= 0.3 is 0 Å². The Bertz CT molecular complexity index is 49.5. The van der Waals surface area contributed by atoms with E-state index >= 15 is 0 Å². The van der Waals surface area contributed by atoms with E-state index in [1.807, 2.05) is 45.5 Å². The monoisotopic (exact) mass is 311 g/mol. The molecule has 0 spiro atoms. The molecule has 0 fully saturated rings. The number of alkyl halides is 1. The van der Waals surface area contributed by atoms with Crippen molar-refractivity contribution >= 4 is 51.4 Å². The predicted octanol–water partition coefficient (Wildman–Crippen LogP) is 0.888. The van der Waals surface area contributed by atoms with E-state index in [1.54, 1.807) is 0 Å². The quantitative estimate of drug-likeness (QED) is 0.435. The van der Waals surface area contributed by atoms with Crippen molar-refractivity contribution in [3.63, 3.8) is 0 Å². The van der Waals surface area contributed by atoms with Gasteiger partial charge in [-0.1, -0.05) is 22.6 Å². The third-order valence-electron chi connectivity index (χ3n) is 0.227. The van der Waals surface area contributed by atoms with Gasteiger partial charge in [-0.25, -0.2) is 0 Å². The summed E-state index contributed by atoms with van der Waals surface area (Å²) in [6.45, 7) is 0. The average Bonchev–Trinajstić information content (AvgIpc) is 1.65. The van der Waals surface area contributed by atoms with E-state index in [0.29, 0.717) is 4.43 Å². The van der Waals surface area contributed by atoms with E-state index in [2.05, 4.69) is 3.53 Å². The first-order valence-corrected chi connectivity index (χ1v) is 3.87. The molecule has 0 bridgehead atoms. The summed E-state index contributed by atoms with van der Waals surface area (Å²) in [6, 6.07) is 0. The highest BCUT2D eigenvalue weighted by atomic mass is 127. The summed E-state index contributed by atoms with van der Waals surface area (Å²) in [5, 5.41) is 0. The normalized spacial score (nSPS) is 7.67. The molecule has 2 nitrogen and oxygen atoms in total. The van der Waals surface area contributed by atoms with E-state index in [9.17, 15) is 4.79 Å². The number of hydrogen-bond acceptors (Lipinski definition) is 1. The van der Waals surface area contributed by atoms with Crippen LogP contribution in [0.5, 0.6) is 0 Å². The molecule has 1 N–H and O–H groups in total. The SMILES string of the molecule is O=C(CI)NI. The smallest absolute Gasteiger partial charge is 0.238 e. The summed E-state index contributed by atoms with van der Waals surface area (Å²) in [6.07, 6.45) is 0. The van der Waals surface area contributed by atoms with Crippen molar-refractivity contribution < 1.29 is 4.79 Å². The van der Waals surface area contributed by atoms with Crippen LogP contribution in [0.4, 0.5) is 0 Å². The van der Waals surface area contributed by atoms with Gasteiger partial charge in [0.1, 0.15) is 0 Å². The van der Waals surface area contributed by atoms with E-state index in [4.69, 9.17) is 0 Å². The van der Waals surface area contributed by atoms with E-state index < -0.39 is 0 Å². The minimum Gasteiger partial charge on any atom is -0.298 e. The highest BCUT2D eigenvalue weighted by molar-refractivity contribution is 14.1. The van der Waals surface area contributed by atoms with Crippen molar-refractivity contribution in [2.24, 2.45) is 0 Å². The van der Waals surface area contributed by atoms with Crippen molar-refractivity contribution in [1.29, 1.82) is 0 Å². The predicted molar refractivity (Wildman–Crippen MR) is 41.0 cm³/mol. The lowest BCUT2D eigenvalue weighted by atomic mass is 10.8. The van der Waals surface area contributed by atoms with Gasteiger partial charge in [0, 0.05) is 0 Å². The zero-order valence-corrected chi connectivity index (χ0v) is 7.19. The van der Waals surface area contributed by atoms with Crippen LogP contribution in [-0.2, 0) is 4.79 Å². The van der Waals surface area contributed by atoms with Crippen molar-refractivity contribution in [2.45, 2.75) is 0 Å². The van der Waals surface area contributed by atoms with Crippen LogP contribution in [0.15, 0.2) is 0 Å². The standard InChI is InChI=1S/C2H3I2NO/c3-1-2(6)5-4/h1H2,(H,5,6).